The van der Waals surface area contributed by atoms with Crippen LogP contribution in [0, 0.1) is 0 Å². The van der Waals surface area contributed by atoms with Crippen molar-refractivity contribution in [3.8, 4) is 28.1 Å². The summed E-state index contributed by atoms with van der Waals surface area (Å²) in [6.07, 6.45) is 4.22. The molecule has 3 aliphatic rings. The Balaban J connectivity index is 1.72. The highest BCUT2D eigenvalue weighted by Crippen LogP contribution is 2.50. The number of hydrogen-bond acceptors (Lipinski definition) is 1. The predicted octanol–water partition coefficient (Wildman–Crippen LogP) is 3.47. The van der Waals surface area contributed by atoms with Gasteiger partial charge in [-0.1, -0.05) is 24.3 Å². The molecule has 0 bridgehead atoms. The maximum absolute atomic E-state index is 6.07. The van der Waals surface area contributed by atoms with Crippen LogP contribution in [0.1, 0.15) is 22.3 Å². The molecular formula is C20H14NO+. The van der Waals surface area contributed by atoms with E-state index in [2.05, 4.69) is 53.2 Å². The van der Waals surface area contributed by atoms with Gasteiger partial charge in [0.1, 0.15) is 5.75 Å². The van der Waals surface area contributed by atoms with E-state index in [9.17, 15) is 0 Å². The van der Waals surface area contributed by atoms with Gasteiger partial charge in [-0.15, -0.1) is 0 Å². The second-order valence-corrected chi connectivity index (χ2v) is 6.39. The Morgan fingerprint density at radius 3 is 2.73 bits per heavy atom. The van der Waals surface area contributed by atoms with Crippen molar-refractivity contribution >= 4 is 0 Å². The number of ether oxygens (including phenoxy) is 1. The Hall–Kier alpha value is -2.61. The molecule has 2 nitrogen and oxygen atoms in total. The SMILES string of the molecule is c1ccc2c(c1)Cc1c-2cc2c3c1Cc1ccc[n+](c1-3)CO2. The van der Waals surface area contributed by atoms with Crippen LogP contribution in [0.4, 0.5) is 0 Å². The zero-order chi connectivity index (χ0) is 14.3. The minimum absolute atomic E-state index is 0.621. The molecule has 0 N–H and O–H groups in total. The first kappa shape index (κ1) is 11.0. The molecule has 2 heteroatoms. The summed E-state index contributed by atoms with van der Waals surface area (Å²) < 4.78 is 8.31. The molecule has 0 amide bonds. The average molecular weight is 284 g/mol. The van der Waals surface area contributed by atoms with Gasteiger partial charge in [0.05, 0.1) is 5.56 Å². The van der Waals surface area contributed by atoms with E-state index in [-0.39, 0.29) is 0 Å². The van der Waals surface area contributed by atoms with E-state index in [0.29, 0.717) is 6.73 Å². The highest BCUT2D eigenvalue weighted by Gasteiger charge is 2.38. The molecule has 2 heterocycles. The van der Waals surface area contributed by atoms with E-state index in [0.717, 1.165) is 18.6 Å². The average Bonchev–Trinajstić information content (AvgIpc) is 3.12. The highest BCUT2D eigenvalue weighted by atomic mass is 16.5. The van der Waals surface area contributed by atoms with Gasteiger partial charge in [0.2, 0.25) is 5.69 Å². The first-order valence-electron chi connectivity index (χ1n) is 7.82. The molecule has 1 aromatic heterocycles. The van der Waals surface area contributed by atoms with Gasteiger partial charge in [-0.2, -0.15) is 4.57 Å². The third kappa shape index (κ3) is 1.16. The van der Waals surface area contributed by atoms with Gasteiger partial charge >= 0.3 is 0 Å². The Morgan fingerprint density at radius 2 is 1.73 bits per heavy atom. The van der Waals surface area contributed by atoms with Crippen molar-refractivity contribution in [2.75, 3.05) is 0 Å². The predicted molar refractivity (Wildman–Crippen MR) is 83.7 cm³/mol. The van der Waals surface area contributed by atoms with Crippen LogP contribution in [-0.2, 0) is 19.6 Å². The first-order chi connectivity index (χ1) is 10.9. The molecule has 0 unspecified atom stereocenters. The van der Waals surface area contributed by atoms with Gasteiger partial charge in [0.15, 0.2) is 6.20 Å². The smallest absolute Gasteiger partial charge is 0.292 e. The van der Waals surface area contributed by atoms with Crippen LogP contribution in [0.15, 0.2) is 48.7 Å². The topological polar surface area (TPSA) is 13.1 Å². The third-order valence-corrected chi connectivity index (χ3v) is 5.31. The number of nitrogens with zero attached hydrogens (tertiary/aromatic N) is 1. The minimum Gasteiger partial charge on any atom is -0.435 e. The maximum Gasteiger partial charge on any atom is 0.292 e. The van der Waals surface area contributed by atoms with Crippen molar-refractivity contribution < 1.29 is 9.30 Å². The van der Waals surface area contributed by atoms with E-state index < -0.39 is 0 Å². The van der Waals surface area contributed by atoms with Crippen molar-refractivity contribution in [2.45, 2.75) is 19.6 Å². The van der Waals surface area contributed by atoms with E-state index >= 15 is 0 Å². The standard InChI is InChI=1S/C20H14NO/c1-2-6-14-12(4-1)8-15-16(14)10-18-19-17(15)9-13-5-3-7-21(11-22-18)20(13)19/h1-7,10H,8-9,11H2/q+1. The van der Waals surface area contributed by atoms with Crippen LogP contribution in [0.3, 0.4) is 0 Å². The van der Waals surface area contributed by atoms with Crippen LogP contribution >= 0.6 is 0 Å². The van der Waals surface area contributed by atoms with Crippen LogP contribution in [0.5, 0.6) is 5.75 Å². The van der Waals surface area contributed by atoms with Gasteiger partial charge in [-0.25, -0.2) is 0 Å². The lowest BCUT2D eigenvalue weighted by atomic mass is 9.96. The number of pyridine rings is 1. The molecule has 22 heavy (non-hydrogen) atoms. The fourth-order valence-electron chi connectivity index (χ4n) is 4.38. The molecular weight excluding hydrogens is 270 g/mol. The Bertz CT molecular complexity index is 987. The molecule has 0 spiro atoms. The van der Waals surface area contributed by atoms with Crippen LogP contribution in [0.2, 0.25) is 0 Å². The molecule has 1 aliphatic heterocycles. The summed E-state index contributed by atoms with van der Waals surface area (Å²) in [7, 11) is 0. The summed E-state index contributed by atoms with van der Waals surface area (Å²) in [5, 5.41) is 0. The second-order valence-electron chi connectivity index (χ2n) is 6.39. The number of rotatable bonds is 0. The zero-order valence-electron chi connectivity index (χ0n) is 12.1. The van der Waals surface area contributed by atoms with Crippen molar-refractivity contribution in [1.29, 1.82) is 0 Å². The monoisotopic (exact) mass is 284 g/mol. The fourth-order valence-corrected chi connectivity index (χ4v) is 4.38. The van der Waals surface area contributed by atoms with E-state index in [1.54, 1.807) is 0 Å². The Labute approximate surface area is 128 Å². The van der Waals surface area contributed by atoms with Crippen LogP contribution < -0.4 is 9.30 Å². The molecule has 0 saturated carbocycles. The molecule has 0 radical (unpaired) electrons. The molecule has 2 aromatic carbocycles. The van der Waals surface area contributed by atoms with Gasteiger partial charge in [0.25, 0.3) is 6.73 Å². The summed E-state index contributed by atoms with van der Waals surface area (Å²) in [5.41, 5.74) is 11.4. The summed E-state index contributed by atoms with van der Waals surface area (Å²) in [5.74, 6) is 1.07. The quantitative estimate of drug-likeness (QED) is 0.397. The second kappa shape index (κ2) is 3.58. The van der Waals surface area contributed by atoms with E-state index in [4.69, 9.17) is 4.74 Å². The van der Waals surface area contributed by atoms with Gasteiger partial charge in [-0.3, -0.25) is 0 Å². The van der Waals surface area contributed by atoms with Gasteiger partial charge in [-0.05, 0) is 46.4 Å². The molecule has 2 aliphatic carbocycles. The highest BCUT2D eigenvalue weighted by molar-refractivity contribution is 5.88. The lowest BCUT2D eigenvalue weighted by Gasteiger charge is -2.17. The first-order valence-corrected chi connectivity index (χ1v) is 7.82. The van der Waals surface area contributed by atoms with Crippen LogP contribution in [0.25, 0.3) is 22.4 Å². The maximum atomic E-state index is 6.07. The lowest BCUT2D eigenvalue weighted by molar-refractivity contribution is -0.717. The Morgan fingerprint density at radius 1 is 0.864 bits per heavy atom. The van der Waals surface area contributed by atoms with Crippen molar-refractivity contribution in [1.82, 2.24) is 0 Å². The van der Waals surface area contributed by atoms with Crippen molar-refractivity contribution in [2.24, 2.45) is 0 Å². The number of hydrogen-bond donors (Lipinski definition) is 0. The molecule has 0 saturated heterocycles. The summed E-state index contributed by atoms with van der Waals surface area (Å²) >= 11 is 0. The van der Waals surface area contributed by atoms with Crippen molar-refractivity contribution in [3.05, 3.63) is 70.9 Å². The van der Waals surface area contributed by atoms with Gasteiger partial charge < -0.3 is 4.74 Å². The van der Waals surface area contributed by atoms with Crippen LogP contribution in [-0.4, -0.2) is 0 Å². The van der Waals surface area contributed by atoms with Gasteiger partial charge in [0, 0.05) is 18.1 Å². The lowest BCUT2D eigenvalue weighted by Crippen LogP contribution is -2.41. The fraction of sp³-hybridized carbons (Fsp3) is 0.150. The summed E-state index contributed by atoms with van der Waals surface area (Å²) in [6, 6.07) is 15.4. The largest absolute Gasteiger partial charge is 0.435 e. The third-order valence-electron chi connectivity index (χ3n) is 5.31. The molecule has 0 atom stereocenters. The molecule has 6 rings (SSSR count). The van der Waals surface area contributed by atoms with E-state index in [1.165, 1.54) is 44.6 Å². The Kier molecular flexibility index (Phi) is 1.80. The normalized spacial score (nSPS) is 15.1. The zero-order valence-corrected chi connectivity index (χ0v) is 12.1. The number of aromatic nitrogens is 1. The summed E-state index contributed by atoms with van der Waals surface area (Å²) in [6.45, 7) is 0.621. The number of benzene rings is 2. The molecule has 0 fully saturated rings. The molecule has 104 valence electrons. The number of fused-ring (bicyclic) bond motifs is 4. The van der Waals surface area contributed by atoms with Crippen molar-refractivity contribution in [3.63, 3.8) is 0 Å². The van der Waals surface area contributed by atoms with E-state index in [1.807, 2.05) is 0 Å². The summed E-state index contributed by atoms with van der Waals surface area (Å²) in [4.78, 5) is 0. The minimum atomic E-state index is 0.621. The molecule has 3 aromatic rings.